The number of pyridine rings is 2. The molecule has 0 aliphatic carbocycles. The van der Waals surface area contributed by atoms with Gasteiger partial charge in [0, 0.05) is 46.7 Å². The number of anilines is 2. The van der Waals surface area contributed by atoms with Crippen LogP contribution in [0.4, 0.5) is 11.4 Å². The van der Waals surface area contributed by atoms with Gasteiger partial charge in [-0.2, -0.15) is 0 Å². The van der Waals surface area contributed by atoms with E-state index in [4.69, 9.17) is 63.1 Å². The highest BCUT2D eigenvalue weighted by Crippen LogP contribution is 2.42. The van der Waals surface area contributed by atoms with Crippen molar-refractivity contribution in [1.29, 1.82) is 0 Å². The predicted octanol–water partition coefficient (Wildman–Crippen LogP) is 8.56. The fraction of sp³-hybridized carbons (Fsp3) is 0.118. The zero-order valence-corrected chi connectivity index (χ0v) is 26.8. The fourth-order valence-electron chi connectivity index (χ4n) is 4.52. The van der Waals surface area contributed by atoms with Crippen LogP contribution in [0.5, 0.6) is 46.0 Å². The van der Waals surface area contributed by atoms with E-state index < -0.39 is 0 Å². The number of ether oxygens (including phenoxy) is 6. The van der Waals surface area contributed by atoms with Gasteiger partial charge in [-0.25, -0.2) is 0 Å². The second-order valence-electron chi connectivity index (χ2n) is 9.65. The van der Waals surface area contributed by atoms with Gasteiger partial charge in [-0.1, -0.05) is 23.2 Å². The molecule has 6 aromatic rings. The first-order valence-electron chi connectivity index (χ1n) is 13.7. The molecule has 0 bridgehead atoms. The second-order valence-corrected chi connectivity index (χ2v) is 10.5. The van der Waals surface area contributed by atoms with Crippen LogP contribution in [0.15, 0.2) is 85.2 Å². The number of fused-ring (bicyclic) bond motifs is 2. The van der Waals surface area contributed by atoms with Crippen molar-refractivity contribution in [2.45, 2.75) is 0 Å². The largest absolute Gasteiger partial charge is 0.493 e. The van der Waals surface area contributed by atoms with E-state index in [2.05, 4.69) is 9.97 Å². The molecule has 0 unspecified atom stereocenters. The summed E-state index contributed by atoms with van der Waals surface area (Å²) in [5.41, 5.74) is 14.0. The van der Waals surface area contributed by atoms with E-state index >= 15 is 0 Å². The molecular formula is C34H30Cl2N4O6. The van der Waals surface area contributed by atoms with Crippen molar-refractivity contribution in [2.75, 3.05) is 39.9 Å². The van der Waals surface area contributed by atoms with Crippen LogP contribution in [0, 0.1) is 0 Å². The Labute approximate surface area is 275 Å². The van der Waals surface area contributed by atoms with Gasteiger partial charge < -0.3 is 39.9 Å². The first-order valence-corrected chi connectivity index (χ1v) is 14.5. The number of benzene rings is 4. The molecule has 2 heterocycles. The quantitative estimate of drug-likeness (QED) is 0.153. The molecule has 10 nitrogen and oxygen atoms in total. The van der Waals surface area contributed by atoms with Crippen LogP contribution in [0.25, 0.3) is 21.8 Å². The van der Waals surface area contributed by atoms with Gasteiger partial charge in [-0.05, 0) is 60.7 Å². The van der Waals surface area contributed by atoms with Crippen molar-refractivity contribution in [1.82, 2.24) is 9.97 Å². The highest BCUT2D eigenvalue weighted by atomic mass is 35.5. The summed E-state index contributed by atoms with van der Waals surface area (Å²) in [5.74, 6) is 4.67. The molecule has 236 valence electrons. The van der Waals surface area contributed by atoms with Gasteiger partial charge in [0.05, 0.1) is 49.5 Å². The first-order chi connectivity index (χ1) is 22.2. The van der Waals surface area contributed by atoms with Crippen molar-refractivity contribution < 1.29 is 28.4 Å². The molecule has 0 amide bonds. The second kappa shape index (κ2) is 14.2. The minimum Gasteiger partial charge on any atom is -0.493 e. The van der Waals surface area contributed by atoms with Crippen molar-refractivity contribution in [3.05, 3.63) is 95.2 Å². The van der Waals surface area contributed by atoms with Crippen LogP contribution >= 0.6 is 23.2 Å². The molecule has 46 heavy (non-hydrogen) atoms. The summed E-state index contributed by atoms with van der Waals surface area (Å²) in [6.07, 6.45) is 3.32. The topological polar surface area (TPSA) is 133 Å². The molecule has 2 aromatic heterocycles. The molecule has 0 atom stereocenters. The number of halogens is 2. The number of nitrogens with two attached hydrogens (primary N) is 2. The third kappa shape index (κ3) is 6.98. The summed E-state index contributed by atoms with van der Waals surface area (Å²) < 4.78 is 33.1. The summed E-state index contributed by atoms with van der Waals surface area (Å²) in [6.45, 7) is 0. The Morgan fingerprint density at radius 2 is 0.935 bits per heavy atom. The smallest absolute Gasteiger partial charge is 0.164 e. The number of nitrogens with zero attached hydrogens (tertiary/aromatic N) is 2. The number of methoxy groups -OCH3 is 4. The third-order valence-corrected chi connectivity index (χ3v) is 7.32. The van der Waals surface area contributed by atoms with Crippen molar-refractivity contribution in [3.63, 3.8) is 0 Å². The van der Waals surface area contributed by atoms with Crippen molar-refractivity contribution >= 4 is 56.4 Å². The van der Waals surface area contributed by atoms with Crippen LogP contribution in [0.3, 0.4) is 0 Å². The summed E-state index contributed by atoms with van der Waals surface area (Å²) >= 11 is 12.4. The Balaban J connectivity index is 0.000000182. The molecule has 6 rings (SSSR count). The standard InChI is InChI=1S/C17H14Cl2N2O3.C17H16N2O3/c1-22-15-7-10-13(8-16(15)23-2)21-4-3-14(10)24-17-11(18)5-9(20)6-12(17)19;1-20-16-9-13-14(10-17(16)21-2)19-8-7-15(13)22-12-5-3-11(18)4-6-12/h3-8H,20H2,1-2H3;3-10H,18H2,1-2H3. The fourth-order valence-corrected chi connectivity index (χ4v) is 5.10. The summed E-state index contributed by atoms with van der Waals surface area (Å²) in [4.78, 5) is 8.67. The molecule has 0 radical (unpaired) electrons. The van der Waals surface area contributed by atoms with Gasteiger partial charge >= 0.3 is 0 Å². The Hall–Kier alpha value is -5.32. The highest BCUT2D eigenvalue weighted by molar-refractivity contribution is 6.37. The van der Waals surface area contributed by atoms with E-state index in [1.807, 2.05) is 30.3 Å². The van der Waals surface area contributed by atoms with Gasteiger partial charge in [-0.3, -0.25) is 9.97 Å². The Morgan fingerprint density at radius 1 is 0.500 bits per heavy atom. The molecule has 0 aliphatic heterocycles. The number of nitrogen functional groups attached to an aromatic ring is 2. The minimum absolute atomic E-state index is 0.324. The normalized spacial score (nSPS) is 10.6. The third-order valence-electron chi connectivity index (χ3n) is 6.75. The maximum atomic E-state index is 6.19. The molecule has 0 saturated carbocycles. The van der Waals surface area contributed by atoms with Crippen molar-refractivity contribution in [2.24, 2.45) is 0 Å². The monoisotopic (exact) mass is 660 g/mol. The molecule has 12 heteroatoms. The maximum Gasteiger partial charge on any atom is 0.164 e. The van der Waals surface area contributed by atoms with E-state index in [0.29, 0.717) is 72.9 Å². The summed E-state index contributed by atoms with van der Waals surface area (Å²) in [6, 6.07) is 21.2. The van der Waals surface area contributed by atoms with Crippen LogP contribution in [0.1, 0.15) is 0 Å². The molecule has 4 N–H and O–H groups in total. The summed E-state index contributed by atoms with van der Waals surface area (Å²) in [7, 11) is 6.32. The van der Waals surface area contributed by atoms with Crippen LogP contribution < -0.4 is 39.9 Å². The Kier molecular flexibility index (Phi) is 9.90. The van der Waals surface area contributed by atoms with Gasteiger partial charge in [-0.15, -0.1) is 0 Å². The molecule has 0 fully saturated rings. The maximum absolute atomic E-state index is 6.19. The van der Waals surface area contributed by atoms with Crippen LogP contribution in [-0.2, 0) is 0 Å². The molecule has 4 aromatic carbocycles. The van der Waals surface area contributed by atoms with E-state index in [-0.39, 0.29) is 0 Å². The first kappa shape index (κ1) is 32.1. The number of rotatable bonds is 8. The lowest BCUT2D eigenvalue weighted by Gasteiger charge is -2.14. The molecular weight excluding hydrogens is 631 g/mol. The summed E-state index contributed by atoms with van der Waals surface area (Å²) in [5, 5.41) is 2.23. The minimum atomic E-state index is 0.324. The Bertz CT molecular complexity index is 1980. The molecule has 0 spiro atoms. The molecule has 0 aliphatic rings. The predicted molar refractivity (Wildman–Crippen MR) is 182 cm³/mol. The lowest BCUT2D eigenvalue weighted by Crippen LogP contribution is -1.94. The number of aromatic nitrogens is 2. The van der Waals surface area contributed by atoms with Gasteiger partial charge in [0.1, 0.15) is 17.2 Å². The zero-order chi connectivity index (χ0) is 32.8. The molecule has 0 saturated heterocycles. The van der Waals surface area contributed by atoms with Crippen molar-refractivity contribution in [3.8, 4) is 46.0 Å². The number of hydrogen-bond donors (Lipinski definition) is 2. The van der Waals surface area contributed by atoms with Gasteiger partial charge in [0.2, 0.25) is 0 Å². The highest BCUT2D eigenvalue weighted by Gasteiger charge is 2.15. The van der Waals surface area contributed by atoms with E-state index in [1.54, 1.807) is 83.3 Å². The lowest BCUT2D eigenvalue weighted by atomic mass is 10.2. The van der Waals surface area contributed by atoms with Crippen LogP contribution in [0.2, 0.25) is 10.0 Å². The Morgan fingerprint density at radius 3 is 1.39 bits per heavy atom. The van der Waals surface area contributed by atoms with E-state index in [9.17, 15) is 0 Å². The average molecular weight is 662 g/mol. The average Bonchev–Trinajstić information content (AvgIpc) is 3.06. The lowest BCUT2D eigenvalue weighted by molar-refractivity contribution is 0.355. The van der Waals surface area contributed by atoms with E-state index in [1.165, 1.54) is 0 Å². The zero-order valence-electron chi connectivity index (χ0n) is 25.3. The van der Waals surface area contributed by atoms with Crippen LogP contribution in [-0.4, -0.2) is 38.4 Å². The van der Waals surface area contributed by atoms with E-state index in [0.717, 1.165) is 16.3 Å². The number of hydrogen-bond acceptors (Lipinski definition) is 10. The SMILES string of the molecule is COc1cc2nccc(Oc3c(Cl)cc(N)cc3Cl)c2cc1OC.COc1cc2nccc(Oc3ccc(N)cc3)c2cc1OC. The van der Waals surface area contributed by atoms with Gasteiger partial charge in [0.15, 0.2) is 28.7 Å². The van der Waals surface area contributed by atoms with Gasteiger partial charge in [0.25, 0.3) is 0 Å².